The summed E-state index contributed by atoms with van der Waals surface area (Å²) in [6.07, 6.45) is 0. The lowest BCUT2D eigenvalue weighted by atomic mass is 10.2. The van der Waals surface area contributed by atoms with E-state index in [1.165, 1.54) is 11.3 Å². The van der Waals surface area contributed by atoms with E-state index in [0.717, 1.165) is 10.6 Å². The summed E-state index contributed by atoms with van der Waals surface area (Å²) in [6, 6.07) is 9.71. The summed E-state index contributed by atoms with van der Waals surface area (Å²) in [4.78, 5) is 15.8. The second-order valence-corrected chi connectivity index (χ2v) is 4.24. The zero-order chi connectivity index (χ0) is 12.1. The fourth-order valence-electron chi connectivity index (χ4n) is 1.35. The summed E-state index contributed by atoms with van der Waals surface area (Å²) in [5.41, 5.74) is 1.39. The highest BCUT2D eigenvalue weighted by atomic mass is 32.1. The molecule has 0 bridgehead atoms. The van der Waals surface area contributed by atoms with Crippen molar-refractivity contribution in [3.05, 3.63) is 41.4 Å². The molecule has 1 aromatic carbocycles. The van der Waals surface area contributed by atoms with Crippen LogP contribution >= 0.6 is 11.3 Å². The van der Waals surface area contributed by atoms with Crippen LogP contribution in [0.5, 0.6) is 0 Å². The van der Waals surface area contributed by atoms with Crippen LogP contribution in [0.2, 0.25) is 0 Å². The zero-order valence-electron chi connectivity index (χ0n) is 9.09. The van der Waals surface area contributed by atoms with Gasteiger partial charge in [-0.3, -0.25) is 4.79 Å². The smallest absolute Gasteiger partial charge is 0.270 e. The zero-order valence-corrected chi connectivity index (χ0v) is 9.91. The van der Waals surface area contributed by atoms with Gasteiger partial charge in [0.05, 0.1) is 6.61 Å². The van der Waals surface area contributed by atoms with Crippen molar-refractivity contribution < 1.29 is 9.90 Å². The van der Waals surface area contributed by atoms with Crippen molar-refractivity contribution in [2.75, 3.05) is 13.2 Å². The Morgan fingerprint density at radius 1 is 1.35 bits per heavy atom. The van der Waals surface area contributed by atoms with E-state index < -0.39 is 0 Å². The molecule has 2 rings (SSSR count). The van der Waals surface area contributed by atoms with Crippen LogP contribution in [0, 0.1) is 0 Å². The van der Waals surface area contributed by atoms with E-state index in [1.54, 1.807) is 5.38 Å². The van der Waals surface area contributed by atoms with Gasteiger partial charge in [-0.1, -0.05) is 30.3 Å². The fourth-order valence-corrected chi connectivity index (χ4v) is 2.16. The number of aliphatic hydroxyl groups excluding tert-OH is 1. The molecule has 0 fully saturated rings. The molecule has 1 amide bonds. The van der Waals surface area contributed by atoms with E-state index in [0.29, 0.717) is 5.69 Å². The molecule has 4 nitrogen and oxygen atoms in total. The third-order valence-corrected chi connectivity index (χ3v) is 3.05. The van der Waals surface area contributed by atoms with Gasteiger partial charge in [0.15, 0.2) is 0 Å². The minimum atomic E-state index is -0.252. The first kappa shape index (κ1) is 11.8. The van der Waals surface area contributed by atoms with Crippen LogP contribution in [0.1, 0.15) is 10.5 Å². The summed E-state index contributed by atoms with van der Waals surface area (Å²) in [5.74, 6) is -0.252. The molecule has 0 aliphatic rings. The van der Waals surface area contributed by atoms with Gasteiger partial charge >= 0.3 is 0 Å². The van der Waals surface area contributed by atoms with E-state index in [2.05, 4.69) is 10.3 Å². The van der Waals surface area contributed by atoms with Gasteiger partial charge in [0.2, 0.25) is 0 Å². The molecule has 0 aliphatic heterocycles. The number of benzene rings is 1. The average Bonchev–Trinajstić information content (AvgIpc) is 2.86. The lowest BCUT2D eigenvalue weighted by Gasteiger charge is -1.98. The number of carbonyl (C=O) groups is 1. The molecular formula is C12H12N2O2S. The van der Waals surface area contributed by atoms with Gasteiger partial charge in [-0.2, -0.15) is 0 Å². The number of rotatable bonds is 4. The molecule has 0 saturated carbocycles. The number of aromatic nitrogens is 1. The highest BCUT2D eigenvalue weighted by Gasteiger charge is 2.10. The molecule has 17 heavy (non-hydrogen) atoms. The second kappa shape index (κ2) is 5.56. The van der Waals surface area contributed by atoms with Crippen LogP contribution in [0.15, 0.2) is 35.7 Å². The quantitative estimate of drug-likeness (QED) is 0.862. The van der Waals surface area contributed by atoms with Crippen LogP contribution < -0.4 is 5.32 Å². The van der Waals surface area contributed by atoms with E-state index >= 15 is 0 Å². The highest BCUT2D eigenvalue weighted by molar-refractivity contribution is 7.13. The van der Waals surface area contributed by atoms with Gasteiger partial charge in [-0.15, -0.1) is 11.3 Å². The Kier molecular flexibility index (Phi) is 3.85. The Hall–Kier alpha value is -1.72. The molecule has 88 valence electrons. The van der Waals surface area contributed by atoms with Crippen LogP contribution in [-0.4, -0.2) is 29.1 Å². The Balaban J connectivity index is 2.14. The van der Waals surface area contributed by atoms with Gasteiger partial charge < -0.3 is 10.4 Å². The number of nitrogens with one attached hydrogen (secondary N) is 1. The monoisotopic (exact) mass is 248 g/mol. The Labute approximate surface area is 103 Å². The number of carbonyl (C=O) groups excluding carboxylic acids is 1. The predicted octanol–water partition coefficient (Wildman–Crippen LogP) is 1.53. The van der Waals surface area contributed by atoms with E-state index in [4.69, 9.17) is 5.11 Å². The Morgan fingerprint density at radius 3 is 2.82 bits per heavy atom. The van der Waals surface area contributed by atoms with Gasteiger partial charge in [-0.25, -0.2) is 4.98 Å². The van der Waals surface area contributed by atoms with E-state index in [1.807, 2.05) is 30.3 Å². The maximum Gasteiger partial charge on any atom is 0.270 e. The minimum Gasteiger partial charge on any atom is -0.395 e. The molecule has 5 heteroatoms. The third-order valence-electron chi connectivity index (χ3n) is 2.15. The van der Waals surface area contributed by atoms with Crippen molar-refractivity contribution in [1.29, 1.82) is 0 Å². The van der Waals surface area contributed by atoms with E-state index in [9.17, 15) is 4.79 Å². The maximum atomic E-state index is 11.6. The summed E-state index contributed by atoms with van der Waals surface area (Å²) < 4.78 is 0. The van der Waals surface area contributed by atoms with Crippen LogP contribution in [0.4, 0.5) is 0 Å². The topological polar surface area (TPSA) is 62.2 Å². The molecule has 0 atom stereocenters. The largest absolute Gasteiger partial charge is 0.395 e. The number of hydrogen-bond acceptors (Lipinski definition) is 4. The standard InChI is InChI=1S/C12H12N2O2S/c15-7-6-13-11(16)10-8-17-12(14-10)9-4-2-1-3-5-9/h1-5,8,15H,6-7H2,(H,13,16). The first-order chi connectivity index (χ1) is 8.31. The summed E-state index contributed by atoms with van der Waals surface area (Å²) in [7, 11) is 0. The molecule has 2 aromatic rings. The predicted molar refractivity (Wildman–Crippen MR) is 67.0 cm³/mol. The molecular weight excluding hydrogens is 236 g/mol. The van der Waals surface area contributed by atoms with Gasteiger partial charge in [0.25, 0.3) is 5.91 Å². The lowest BCUT2D eigenvalue weighted by molar-refractivity contribution is 0.0940. The first-order valence-corrected chi connectivity index (χ1v) is 6.09. The van der Waals surface area contributed by atoms with Crippen LogP contribution in [0.3, 0.4) is 0 Å². The van der Waals surface area contributed by atoms with Gasteiger partial charge in [0.1, 0.15) is 10.7 Å². The van der Waals surface area contributed by atoms with Crippen molar-refractivity contribution in [1.82, 2.24) is 10.3 Å². The molecule has 1 aromatic heterocycles. The number of amides is 1. The first-order valence-electron chi connectivity index (χ1n) is 5.21. The van der Waals surface area contributed by atoms with Crippen LogP contribution in [0.25, 0.3) is 10.6 Å². The molecule has 0 aliphatic carbocycles. The number of nitrogens with zero attached hydrogens (tertiary/aromatic N) is 1. The average molecular weight is 248 g/mol. The summed E-state index contributed by atoms with van der Waals surface area (Å²) in [5, 5.41) is 13.7. The van der Waals surface area contributed by atoms with E-state index in [-0.39, 0.29) is 19.1 Å². The molecule has 0 unspecified atom stereocenters. The summed E-state index contributed by atoms with van der Waals surface area (Å²) >= 11 is 1.43. The van der Waals surface area contributed by atoms with Crippen molar-refractivity contribution in [3.63, 3.8) is 0 Å². The third kappa shape index (κ3) is 2.89. The minimum absolute atomic E-state index is 0.0680. The Bertz CT molecular complexity index is 496. The van der Waals surface area contributed by atoms with Crippen molar-refractivity contribution >= 4 is 17.2 Å². The number of aliphatic hydroxyl groups is 1. The number of thiazole rings is 1. The fraction of sp³-hybridized carbons (Fsp3) is 0.167. The normalized spacial score (nSPS) is 10.2. The van der Waals surface area contributed by atoms with Crippen molar-refractivity contribution in [2.24, 2.45) is 0 Å². The van der Waals surface area contributed by atoms with Gasteiger partial charge in [-0.05, 0) is 0 Å². The SMILES string of the molecule is O=C(NCCO)c1csc(-c2ccccc2)n1. The maximum absolute atomic E-state index is 11.6. The van der Waals surface area contributed by atoms with Crippen molar-refractivity contribution in [3.8, 4) is 10.6 Å². The Morgan fingerprint density at radius 2 is 2.12 bits per heavy atom. The molecule has 1 heterocycles. The van der Waals surface area contributed by atoms with Crippen molar-refractivity contribution in [2.45, 2.75) is 0 Å². The number of hydrogen-bond donors (Lipinski definition) is 2. The molecule has 0 saturated heterocycles. The molecule has 2 N–H and O–H groups in total. The van der Waals surface area contributed by atoms with Crippen LogP contribution in [-0.2, 0) is 0 Å². The molecule has 0 radical (unpaired) electrons. The molecule has 0 spiro atoms. The van der Waals surface area contributed by atoms with Gasteiger partial charge in [0, 0.05) is 17.5 Å². The highest BCUT2D eigenvalue weighted by Crippen LogP contribution is 2.22. The second-order valence-electron chi connectivity index (χ2n) is 3.38. The summed E-state index contributed by atoms with van der Waals surface area (Å²) in [6.45, 7) is 0.179. The lowest BCUT2D eigenvalue weighted by Crippen LogP contribution is -2.26.